The number of methoxy groups -OCH3 is 1. The molecule has 17 heavy (non-hydrogen) atoms. The zero-order valence-electron chi connectivity index (χ0n) is 9.81. The Balaban J connectivity index is 2.47. The van der Waals surface area contributed by atoms with Gasteiger partial charge in [-0.1, -0.05) is 30.3 Å². The van der Waals surface area contributed by atoms with Gasteiger partial charge in [-0.2, -0.15) is 0 Å². The largest absolute Gasteiger partial charge is 0.464 e. The summed E-state index contributed by atoms with van der Waals surface area (Å²) in [5.41, 5.74) is 3.26. The van der Waals surface area contributed by atoms with Crippen LogP contribution < -0.4 is 0 Å². The van der Waals surface area contributed by atoms with E-state index in [1.165, 1.54) is 7.11 Å². The number of pyridine rings is 1. The van der Waals surface area contributed by atoms with Gasteiger partial charge >= 0.3 is 5.97 Å². The number of nitrogens with zero attached hydrogens (tertiary/aromatic N) is 1. The molecule has 0 bridgehead atoms. The standard InChI is InChI=1S/C14H13NO2/c1-10-6-3-4-7-11(10)12-8-5-9-13(15-12)14(16)17-2/h3-9H,1-2H3. The van der Waals surface area contributed by atoms with E-state index in [9.17, 15) is 4.79 Å². The van der Waals surface area contributed by atoms with Crippen molar-refractivity contribution in [3.63, 3.8) is 0 Å². The van der Waals surface area contributed by atoms with Crippen LogP contribution in [-0.4, -0.2) is 18.1 Å². The van der Waals surface area contributed by atoms with Crippen LogP contribution in [0.15, 0.2) is 42.5 Å². The molecule has 1 aromatic heterocycles. The molecule has 0 atom stereocenters. The molecule has 0 fully saturated rings. The van der Waals surface area contributed by atoms with E-state index in [1.807, 2.05) is 37.3 Å². The van der Waals surface area contributed by atoms with Crippen LogP contribution in [0.5, 0.6) is 0 Å². The normalized spacial score (nSPS) is 10.0. The number of carbonyl (C=O) groups excluding carboxylic acids is 1. The first kappa shape index (κ1) is 11.3. The van der Waals surface area contributed by atoms with Crippen molar-refractivity contribution < 1.29 is 9.53 Å². The Labute approximate surface area is 100 Å². The van der Waals surface area contributed by atoms with E-state index in [0.717, 1.165) is 16.8 Å². The number of aryl methyl sites for hydroxylation is 1. The molecule has 0 spiro atoms. The van der Waals surface area contributed by atoms with Crippen molar-refractivity contribution in [3.05, 3.63) is 53.7 Å². The van der Waals surface area contributed by atoms with Crippen LogP contribution in [0.25, 0.3) is 11.3 Å². The fourth-order valence-electron chi connectivity index (χ4n) is 1.66. The summed E-state index contributed by atoms with van der Waals surface area (Å²) in [4.78, 5) is 15.7. The molecular weight excluding hydrogens is 214 g/mol. The fourth-order valence-corrected chi connectivity index (χ4v) is 1.66. The van der Waals surface area contributed by atoms with Crippen LogP contribution in [0.2, 0.25) is 0 Å². The quantitative estimate of drug-likeness (QED) is 0.740. The van der Waals surface area contributed by atoms with Crippen LogP contribution in [0, 0.1) is 6.92 Å². The number of ether oxygens (including phenoxy) is 1. The molecule has 0 aliphatic rings. The first-order chi connectivity index (χ1) is 8.22. The molecule has 0 aliphatic carbocycles. The van der Waals surface area contributed by atoms with Crippen molar-refractivity contribution in [2.45, 2.75) is 6.92 Å². The summed E-state index contributed by atoms with van der Waals surface area (Å²) >= 11 is 0. The van der Waals surface area contributed by atoms with Gasteiger partial charge in [0, 0.05) is 5.56 Å². The summed E-state index contributed by atoms with van der Waals surface area (Å²) in [7, 11) is 1.35. The number of aromatic nitrogens is 1. The van der Waals surface area contributed by atoms with Gasteiger partial charge in [0.1, 0.15) is 5.69 Å². The van der Waals surface area contributed by atoms with Gasteiger partial charge in [-0.25, -0.2) is 9.78 Å². The predicted octanol–water partition coefficient (Wildman–Crippen LogP) is 2.84. The summed E-state index contributed by atoms with van der Waals surface area (Å²) in [6.07, 6.45) is 0. The highest BCUT2D eigenvalue weighted by Gasteiger charge is 2.09. The summed E-state index contributed by atoms with van der Waals surface area (Å²) in [5.74, 6) is -0.416. The van der Waals surface area contributed by atoms with Crippen LogP contribution in [-0.2, 0) is 4.74 Å². The van der Waals surface area contributed by atoms with Crippen LogP contribution >= 0.6 is 0 Å². The zero-order chi connectivity index (χ0) is 12.3. The lowest BCUT2D eigenvalue weighted by Crippen LogP contribution is -2.04. The van der Waals surface area contributed by atoms with Crippen molar-refractivity contribution in [3.8, 4) is 11.3 Å². The molecule has 0 aliphatic heterocycles. The molecule has 3 nitrogen and oxygen atoms in total. The maximum atomic E-state index is 11.4. The lowest BCUT2D eigenvalue weighted by molar-refractivity contribution is 0.0594. The Kier molecular flexibility index (Phi) is 3.19. The van der Waals surface area contributed by atoms with E-state index in [1.54, 1.807) is 12.1 Å². The third kappa shape index (κ3) is 2.33. The third-order valence-corrected chi connectivity index (χ3v) is 2.56. The predicted molar refractivity (Wildman–Crippen MR) is 65.7 cm³/mol. The molecule has 2 rings (SSSR count). The zero-order valence-corrected chi connectivity index (χ0v) is 9.81. The number of hydrogen-bond acceptors (Lipinski definition) is 3. The molecule has 0 radical (unpaired) electrons. The van der Waals surface area contributed by atoms with Crippen molar-refractivity contribution in [1.29, 1.82) is 0 Å². The van der Waals surface area contributed by atoms with Crippen molar-refractivity contribution in [2.75, 3.05) is 7.11 Å². The Morgan fingerprint density at radius 2 is 1.88 bits per heavy atom. The molecule has 1 aromatic carbocycles. The maximum Gasteiger partial charge on any atom is 0.356 e. The Bertz CT molecular complexity index is 549. The minimum atomic E-state index is -0.416. The highest BCUT2D eigenvalue weighted by molar-refractivity contribution is 5.87. The molecule has 0 saturated carbocycles. The first-order valence-electron chi connectivity index (χ1n) is 5.34. The fraction of sp³-hybridized carbons (Fsp3) is 0.143. The number of carbonyl (C=O) groups is 1. The monoisotopic (exact) mass is 227 g/mol. The smallest absolute Gasteiger partial charge is 0.356 e. The van der Waals surface area contributed by atoms with Crippen molar-refractivity contribution in [2.24, 2.45) is 0 Å². The molecule has 0 amide bonds. The average Bonchev–Trinajstić information content (AvgIpc) is 2.38. The molecule has 1 heterocycles. The summed E-state index contributed by atoms with van der Waals surface area (Å²) in [6, 6.07) is 13.3. The van der Waals surface area contributed by atoms with Crippen LogP contribution in [0.3, 0.4) is 0 Å². The first-order valence-corrected chi connectivity index (χ1v) is 5.34. The molecule has 86 valence electrons. The van der Waals surface area contributed by atoms with Gasteiger partial charge in [-0.3, -0.25) is 0 Å². The Hall–Kier alpha value is -2.16. The second-order valence-corrected chi connectivity index (χ2v) is 3.71. The lowest BCUT2D eigenvalue weighted by atomic mass is 10.1. The summed E-state index contributed by atoms with van der Waals surface area (Å²) in [5, 5.41) is 0. The van der Waals surface area contributed by atoms with Gasteiger partial charge in [0.25, 0.3) is 0 Å². The van der Waals surface area contributed by atoms with E-state index in [4.69, 9.17) is 0 Å². The lowest BCUT2D eigenvalue weighted by Gasteiger charge is -2.06. The minimum absolute atomic E-state index is 0.327. The molecule has 3 heteroatoms. The van der Waals surface area contributed by atoms with Crippen molar-refractivity contribution >= 4 is 5.97 Å². The number of benzene rings is 1. The van der Waals surface area contributed by atoms with Crippen LogP contribution in [0.1, 0.15) is 16.1 Å². The summed E-state index contributed by atoms with van der Waals surface area (Å²) in [6.45, 7) is 2.02. The van der Waals surface area contributed by atoms with E-state index in [-0.39, 0.29) is 0 Å². The number of hydrogen-bond donors (Lipinski definition) is 0. The second kappa shape index (κ2) is 4.78. The Morgan fingerprint density at radius 3 is 2.59 bits per heavy atom. The maximum absolute atomic E-state index is 11.4. The van der Waals surface area contributed by atoms with Crippen LogP contribution in [0.4, 0.5) is 0 Å². The van der Waals surface area contributed by atoms with E-state index in [2.05, 4.69) is 9.72 Å². The van der Waals surface area contributed by atoms with Gasteiger partial charge in [-0.05, 0) is 24.6 Å². The molecular formula is C14H13NO2. The minimum Gasteiger partial charge on any atom is -0.464 e. The second-order valence-electron chi connectivity index (χ2n) is 3.71. The average molecular weight is 227 g/mol. The van der Waals surface area contributed by atoms with Gasteiger partial charge in [0.15, 0.2) is 0 Å². The topological polar surface area (TPSA) is 39.2 Å². The molecule has 0 saturated heterocycles. The molecule has 0 N–H and O–H groups in total. The molecule has 2 aromatic rings. The van der Waals surface area contributed by atoms with Gasteiger partial charge in [0.2, 0.25) is 0 Å². The van der Waals surface area contributed by atoms with Gasteiger partial charge in [-0.15, -0.1) is 0 Å². The SMILES string of the molecule is COC(=O)c1cccc(-c2ccccc2C)n1. The van der Waals surface area contributed by atoms with Crippen molar-refractivity contribution in [1.82, 2.24) is 4.98 Å². The Morgan fingerprint density at radius 1 is 1.12 bits per heavy atom. The number of esters is 1. The van der Waals surface area contributed by atoms with Gasteiger partial charge in [0.05, 0.1) is 12.8 Å². The van der Waals surface area contributed by atoms with Gasteiger partial charge < -0.3 is 4.74 Å². The summed E-state index contributed by atoms with van der Waals surface area (Å²) < 4.78 is 4.66. The third-order valence-electron chi connectivity index (χ3n) is 2.56. The highest BCUT2D eigenvalue weighted by atomic mass is 16.5. The molecule has 0 unspecified atom stereocenters. The van der Waals surface area contributed by atoms with E-state index in [0.29, 0.717) is 5.69 Å². The van der Waals surface area contributed by atoms with E-state index >= 15 is 0 Å². The number of rotatable bonds is 2. The highest BCUT2D eigenvalue weighted by Crippen LogP contribution is 2.21. The van der Waals surface area contributed by atoms with E-state index < -0.39 is 5.97 Å².